The van der Waals surface area contributed by atoms with E-state index in [2.05, 4.69) is 5.16 Å². The Hall–Kier alpha value is -2.28. The minimum Gasteiger partial charge on any atom is -0.486 e. The van der Waals surface area contributed by atoms with Crippen LogP contribution in [0.2, 0.25) is 5.02 Å². The zero-order valence-electron chi connectivity index (χ0n) is 9.85. The van der Waals surface area contributed by atoms with Crippen molar-refractivity contribution in [1.29, 1.82) is 0 Å². The van der Waals surface area contributed by atoms with Gasteiger partial charge in [0.25, 0.3) is 0 Å². The van der Waals surface area contributed by atoms with Crippen LogP contribution in [0.5, 0.6) is 11.5 Å². The van der Waals surface area contributed by atoms with Crippen LogP contribution in [-0.2, 0) is 0 Å². The monoisotopic (exact) mass is 299 g/mol. The van der Waals surface area contributed by atoms with Crippen LogP contribution in [0.15, 0.2) is 16.7 Å². The molecule has 6 nitrogen and oxygen atoms in total. The average Bonchev–Trinajstić information content (AvgIpc) is 2.92. The van der Waals surface area contributed by atoms with Crippen molar-refractivity contribution in [2.45, 2.75) is 0 Å². The summed E-state index contributed by atoms with van der Waals surface area (Å²) in [5, 5.41) is 11.8. The lowest BCUT2D eigenvalue weighted by atomic mass is 10.1. The molecule has 1 aliphatic heterocycles. The van der Waals surface area contributed by atoms with E-state index in [0.717, 1.165) is 6.07 Å². The van der Waals surface area contributed by atoms with Gasteiger partial charge in [0.1, 0.15) is 18.2 Å². The Balaban J connectivity index is 2.13. The first-order valence-corrected chi connectivity index (χ1v) is 5.93. The van der Waals surface area contributed by atoms with E-state index in [1.54, 1.807) is 0 Å². The van der Waals surface area contributed by atoms with E-state index in [0.29, 0.717) is 6.61 Å². The van der Waals surface area contributed by atoms with Crippen LogP contribution in [0.1, 0.15) is 10.5 Å². The van der Waals surface area contributed by atoms with Gasteiger partial charge in [-0.3, -0.25) is 0 Å². The maximum Gasteiger partial charge on any atom is 0.358 e. The Morgan fingerprint density at radius 1 is 1.35 bits per heavy atom. The number of hydrogen-bond donors (Lipinski definition) is 1. The highest BCUT2D eigenvalue weighted by molar-refractivity contribution is 6.32. The highest BCUT2D eigenvalue weighted by Crippen LogP contribution is 2.43. The zero-order chi connectivity index (χ0) is 14.3. The summed E-state index contributed by atoms with van der Waals surface area (Å²) < 4.78 is 29.5. The molecule has 8 heteroatoms. The fourth-order valence-electron chi connectivity index (χ4n) is 1.81. The molecule has 0 saturated heterocycles. The Bertz CT molecular complexity index is 699. The minimum atomic E-state index is -1.27. The molecule has 104 valence electrons. The molecular formula is C12H7ClFNO5. The SMILES string of the molecule is O=C(O)c1cc(-c2cc3c(c(Cl)c2F)OCCO3)on1. The van der Waals surface area contributed by atoms with Crippen molar-refractivity contribution in [2.75, 3.05) is 13.2 Å². The van der Waals surface area contributed by atoms with Crippen LogP contribution < -0.4 is 9.47 Å². The first-order valence-electron chi connectivity index (χ1n) is 5.56. The van der Waals surface area contributed by atoms with Crippen LogP contribution in [0.3, 0.4) is 0 Å². The Morgan fingerprint density at radius 2 is 2.10 bits per heavy atom. The number of fused-ring (bicyclic) bond motifs is 1. The van der Waals surface area contributed by atoms with Crippen molar-refractivity contribution in [3.05, 3.63) is 28.7 Å². The van der Waals surface area contributed by atoms with E-state index in [4.69, 9.17) is 30.7 Å². The lowest BCUT2D eigenvalue weighted by Gasteiger charge is -2.20. The topological polar surface area (TPSA) is 81.8 Å². The second-order valence-electron chi connectivity index (χ2n) is 3.96. The molecule has 3 rings (SSSR count). The lowest BCUT2D eigenvalue weighted by molar-refractivity contribution is 0.0686. The van der Waals surface area contributed by atoms with E-state index in [-0.39, 0.29) is 40.1 Å². The first kappa shape index (κ1) is 12.7. The molecular weight excluding hydrogens is 293 g/mol. The molecule has 2 heterocycles. The molecule has 0 fully saturated rings. The van der Waals surface area contributed by atoms with Crippen molar-refractivity contribution >= 4 is 17.6 Å². The zero-order valence-corrected chi connectivity index (χ0v) is 10.6. The van der Waals surface area contributed by atoms with Gasteiger partial charge in [-0.1, -0.05) is 16.8 Å². The highest BCUT2D eigenvalue weighted by Gasteiger charge is 2.25. The van der Waals surface area contributed by atoms with E-state index in [1.807, 2.05) is 0 Å². The fourth-order valence-corrected chi connectivity index (χ4v) is 2.05. The average molecular weight is 300 g/mol. The van der Waals surface area contributed by atoms with Gasteiger partial charge >= 0.3 is 5.97 Å². The number of rotatable bonds is 2. The number of carboxylic acids is 1. The molecule has 0 atom stereocenters. The summed E-state index contributed by atoms with van der Waals surface area (Å²) in [6, 6.07) is 2.44. The molecule has 0 radical (unpaired) electrons. The normalized spacial score (nSPS) is 13.3. The summed E-state index contributed by atoms with van der Waals surface area (Å²) >= 11 is 5.88. The summed E-state index contributed by atoms with van der Waals surface area (Å²) in [7, 11) is 0. The summed E-state index contributed by atoms with van der Waals surface area (Å²) in [6.45, 7) is 0.585. The van der Waals surface area contributed by atoms with Crippen molar-refractivity contribution in [3.63, 3.8) is 0 Å². The number of nitrogens with zero attached hydrogens (tertiary/aromatic N) is 1. The van der Waals surface area contributed by atoms with Gasteiger partial charge in [-0.2, -0.15) is 0 Å². The predicted octanol–water partition coefficient (Wildman–Crippen LogP) is 2.60. The van der Waals surface area contributed by atoms with Gasteiger partial charge < -0.3 is 19.1 Å². The number of hydrogen-bond acceptors (Lipinski definition) is 5. The molecule has 1 aromatic carbocycles. The third-order valence-electron chi connectivity index (χ3n) is 2.71. The summed E-state index contributed by atoms with van der Waals surface area (Å²) in [6.07, 6.45) is 0. The molecule has 1 aromatic heterocycles. The number of benzene rings is 1. The number of halogens is 2. The molecule has 0 saturated carbocycles. The third kappa shape index (κ3) is 1.96. The maximum atomic E-state index is 14.2. The van der Waals surface area contributed by atoms with Crippen LogP contribution in [0.25, 0.3) is 11.3 Å². The summed E-state index contributed by atoms with van der Waals surface area (Å²) in [5.41, 5.74) is -0.371. The minimum absolute atomic E-state index is 0.0424. The van der Waals surface area contributed by atoms with Gasteiger partial charge in [-0.15, -0.1) is 0 Å². The number of carbonyl (C=O) groups is 1. The molecule has 2 aromatic rings. The second-order valence-corrected chi connectivity index (χ2v) is 4.34. The third-order valence-corrected chi connectivity index (χ3v) is 3.05. The van der Waals surface area contributed by atoms with Crippen molar-refractivity contribution in [1.82, 2.24) is 5.16 Å². The van der Waals surface area contributed by atoms with Crippen LogP contribution in [-0.4, -0.2) is 29.4 Å². The molecule has 0 aliphatic carbocycles. The van der Waals surface area contributed by atoms with Crippen molar-refractivity contribution in [3.8, 4) is 22.8 Å². The lowest BCUT2D eigenvalue weighted by Crippen LogP contribution is -2.16. The van der Waals surface area contributed by atoms with E-state index >= 15 is 0 Å². The molecule has 1 N–H and O–H groups in total. The van der Waals surface area contributed by atoms with Crippen LogP contribution >= 0.6 is 11.6 Å². The van der Waals surface area contributed by atoms with E-state index in [1.165, 1.54) is 6.07 Å². The van der Waals surface area contributed by atoms with Gasteiger partial charge in [-0.05, 0) is 6.07 Å². The number of aromatic carboxylic acids is 1. The van der Waals surface area contributed by atoms with Crippen LogP contribution in [0.4, 0.5) is 4.39 Å². The van der Waals surface area contributed by atoms with Gasteiger partial charge in [0.05, 0.1) is 5.56 Å². The molecule has 1 aliphatic rings. The standard InChI is InChI=1S/C12H7ClFNO5/c13-9-10(14)5(3-8-11(9)19-2-1-18-8)7-4-6(12(16)17)15-20-7/h3-4H,1-2H2,(H,16,17). The summed E-state index contributed by atoms with van der Waals surface area (Å²) in [5.74, 6) is -1.73. The number of carboxylic acid groups (broad SMARTS) is 1. The van der Waals surface area contributed by atoms with Crippen molar-refractivity contribution < 1.29 is 28.3 Å². The van der Waals surface area contributed by atoms with E-state index in [9.17, 15) is 9.18 Å². The molecule has 0 amide bonds. The molecule has 0 unspecified atom stereocenters. The number of ether oxygens (including phenoxy) is 2. The first-order chi connectivity index (χ1) is 9.58. The Morgan fingerprint density at radius 3 is 2.80 bits per heavy atom. The quantitative estimate of drug-likeness (QED) is 0.918. The summed E-state index contributed by atoms with van der Waals surface area (Å²) in [4.78, 5) is 10.7. The molecule has 0 bridgehead atoms. The van der Waals surface area contributed by atoms with Gasteiger partial charge in [-0.25, -0.2) is 9.18 Å². The Kier molecular flexibility index (Phi) is 2.98. The van der Waals surface area contributed by atoms with E-state index < -0.39 is 11.8 Å². The van der Waals surface area contributed by atoms with Gasteiger partial charge in [0.15, 0.2) is 28.8 Å². The largest absolute Gasteiger partial charge is 0.486 e. The smallest absolute Gasteiger partial charge is 0.358 e. The molecule has 20 heavy (non-hydrogen) atoms. The predicted molar refractivity (Wildman–Crippen MR) is 64.9 cm³/mol. The second kappa shape index (κ2) is 4.68. The van der Waals surface area contributed by atoms with Crippen molar-refractivity contribution in [2.24, 2.45) is 0 Å². The van der Waals surface area contributed by atoms with Crippen LogP contribution in [0, 0.1) is 5.82 Å². The fraction of sp³-hybridized carbons (Fsp3) is 0.167. The highest BCUT2D eigenvalue weighted by atomic mass is 35.5. The molecule has 0 spiro atoms. The van der Waals surface area contributed by atoms with Gasteiger partial charge in [0, 0.05) is 6.07 Å². The maximum absolute atomic E-state index is 14.2. The van der Waals surface area contributed by atoms with Gasteiger partial charge in [0.2, 0.25) is 0 Å². The Labute approximate surface area is 116 Å². The number of aromatic nitrogens is 1.